The summed E-state index contributed by atoms with van der Waals surface area (Å²) in [5.74, 6) is 0.327. The van der Waals surface area contributed by atoms with Crippen molar-refractivity contribution in [2.24, 2.45) is 11.7 Å². The molecule has 1 amide bonds. The van der Waals surface area contributed by atoms with Crippen molar-refractivity contribution >= 4 is 24.0 Å². The largest absolute Gasteiger partial charge is 0.325 e. The van der Waals surface area contributed by atoms with E-state index >= 15 is 0 Å². The van der Waals surface area contributed by atoms with Gasteiger partial charge in [0.1, 0.15) is 0 Å². The predicted molar refractivity (Wildman–Crippen MR) is 113 cm³/mol. The van der Waals surface area contributed by atoms with Gasteiger partial charge in [0.05, 0.1) is 5.92 Å². The molecule has 0 aliphatic carbocycles. The van der Waals surface area contributed by atoms with Gasteiger partial charge in [0.2, 0.25) is 5.91 Å². The monoisotopic (exact) mass is 374 g/mol. The van der Waals surface area contributed by atoms with E-state index < -0.39 is 0 Å². The molecule has 2 unspecified atom stereocenters. The lowest BCUT2D eigenvalue weighted by Gasteiger charge is -2.24. The van der Waals surface area contributed by atoms with Crippen LogP contribution in [0.4, 0.5) is 5.69 Å². The third-order valence-corrected chi connectivity index (χ3v) is 4.76. The molecule has 0 saturated heterocycles. The fourth-order valence-electron chi connectivity index (χ4n) is 3.06. The van der Waals surface area contributed by atoms with E-state index in [-0.39, 0.29) is 30.3 Å². The topological polar surface area (TPSA) is 55.1 Å². The lowest BCUT2D eigenvalue weighted by atomic mass is 9.91. The van der Waals surface area contributed by atoms with Crippen LogP contribution in [0.25, 0.3) is 0 Å². The fourth-order valence-corrected chi connectivity index (χ4v) is 3.06. The average molecular weight is 375 g/mol. The number of hydrogen-bond acceptors (Lipinski definition) is 2. The molecule has 0 aliphatic heterocycles. The molecule has 4 heteroatoms. The number of hydrogen-bond donors (Lipinski definition) is 2. The molecular weight excluding hydrogens is 344 g/mol. The normalized spacial score (nSPS) is 13.2. The molecule has 0 fully saturated rings. The molecule has 2 rings (SSSR count). The molecule has 0 aromatic heterocycles. The average Bonchev–Trinajstić information content (AvgIpc) is 2.60. The molecule has 0 saturated carbocycles. The van der Waals surface area contributed by atoms with Gasteiger partial charge in [-0.2, -0.15) is 0 Å². The SMILES string of the molecule is CC(C)c1cccc(C(C)C)c1NC(=O)C(C)C(N)c1ccccc1.Cl. The summed E-state index contributed by atoms with van der Waals surface area (Å²) in [7, 11) is 0. The van der Waals surface area contributed by atoms with Crippen molar-refractivity contribution in [3.05, 3.63) is 65.2 Å². The van der Waals surface area contributed by atoms with Crippen LogP contribution in [0.5, 0.6) is 0 Å². The van der Waals surface area contributed by atoms with Crippen molar-refractivity contribution in [3.63, 3.8) is 0 Å². The summed E-state index contributed by atoms with van der Waals surface area (Å²) in [6, 6.07) is 15.7. The molecule has 2 aromatic rings. The smallest absolute Gasteiger partial charge is 0.229 e. The number of carbonyl (C=O) groups excluding carboxylic acids is 1. The van der Waals surface area contributed by atoms with Gasteiger partial charge < -0.3 is 11.1 Å². The molecule has 0 spiro atoms. The summed E-state index contributed by atoms with van der Waals surface area (Å²) in [6.45, 7) is 10.5. The fraction of sp³-hybridized carbons (Fsp3) is 0.409. The highest BCUT2D eigenvalue weighted by molar-refractivity contribution is 5.94. The Balaban J connectivity index is 0.00000338. The first kappa shape index (κ1) is 22.2. The van der Waals surface area contributed by atoms with Crippen LogP contribution in [0.15, 0.2) is 48.5 Å². The first-order valence-corrected chi connectivity index (χ1v) is 9.07. The third kappa shape index (κ3) is 5.09. The lowest BCUT2D eigenvalue weighted by Crippen LogP contribution is -2.31. The van der Waals surface area contributed by atoms with Gasteiger partial charge >= 0.3 is 0 Å². The number of benzene rings is 2. The minimum absolute atomic E-state index is 0. The van der Waals surface area contributed by atoms with Gasteiger partial charge in [0.25, 0.3) is 0 Å². The lowest BCUT2D eigenvalue weighted by molar-refractivity contribution is -0.120. The van der Waals surface area contributed by atoms with Gasteiger partial charge in [-0.1, -0.05) is 83.1 Å². The maximum Gasteiger partial charge on any atom is 0.229 e. The molecule has 2 atom stereocenters. The first-order chi connectivity index (χ1) is 11.8. The summed E-state index contributed by atoms with van der Waals surface area (Å²) in [4.78, 5) is 12.9. The number of nitrogens with two attached hydrogens (primary N) is 1. The van der Waals surface area contributed by atoms with E-state index in [1.54, 1.807) is 0 Å². The maximum absolute atomic E-state index is 12.9. The van der Waals surface area contributed by atoms with Gasteiger partial charge in [0.15, 0.2) is 0 Å². The zero-order chi connectivity index (χ0) is 18.6. The van der Waals surface area contributed by atoms with Gasteiger partial charge in [-0.25, -0.2) is 0 Å². The molecule has 2 aromatic carbocycles. The van der Waals surface area contributed by atoms with Gasteiger partial charge in [-0.3, -0.25) is 4.79 Å². The van der Waals surface area contributed by atoms with Crippen LogP contribution in [0.2, 0.25) is 0 Å². The minimum atomic E-state index is -0.324. The Morgan fingerprint density at radius 1 is 0.846 bits per heavy atom. The van der Waals surface area contributed by atoms with Crippen molar-refractivity contribution in [3.8, 4) is 0 Å². The van der Waals surface area contributed by atoms with Gasteiger partial charge in [-0.05, 0) is 28.5 Å². The van der Waals surface area contributed by atoms with E-state index in [0.717, 1.165) is 11.3 Å². The highest BCUT2D eigenvalue weighted by Gasteiger charge is 2.24. The Morgan fingerprint density at radius 2 is 1.35 bits per heavy atom. The minimum Gasteiger partial charge on any atom is -0.325 e. The number of nitrogens with one attached hydrogen (secondary N) is 1. The van der Waals surface area contributed by atoms with Crippen LogP contribution >= 0.6 is 12.4 Å². The summed E-state index contributed by atoms with van der Waals surface area (Å²) >= 11 is 0. The zero-order valence-electron chi connectivity index (χ0n) is 16.3. The van der Waals surface area contributed by atoms with Crippen LogP contribution in [-0.4, -0.2) is 5.91 Å². The molecule has 26 heavy (non-hydrogen) atoms. The van der Waals surface area contributed by atoms with Crippen LogP contribution in [-0.2, 0) is 4.79 Å². The molecule has 0 bridgehead atoms. The maximum atomic E-state index is 12.9. The van der Waals surface area contributed by atoms with Gasteiger partial charge in [-0.15, -0.1) is 12.4 Å². The molecule has 142 valence electrons. The summed E-state index contributed by atoms with van der Waals surface area (Å²) in [5, 5.41) is 3.17. The second-order valence-corrected chi connectivity index (χ2v) is 7.34. The van der Waals surface area contributed by atoms with E-state index in [4.69, 9.17) is 5.73 Å². The molecule has 0 radical (unpaired) electrons. The summed E-state index contributed by atoms with van der Waals surface area (Å²) in [5.41, 5.74) is 10.6. The second-order valence-electron chi connectivity index (χ2n) is 7.34. The van der Waals surface area contributed by atoms with E-state index in [9.17, 15) is 4.79 Å². The molecule has 0 aliphatic rings. The predicted octanol–water partition coefficient (Wildman–Crippen LogP) is 5.63. The van der Waals surface area contributed by atoms with E-state index in [2.05, 4.69) is 51.2 Å². The van der Waals surface area contributed by atoms with Crippen molar-refractivity contribution in [2.75, 3.05) is 5.32 Å². The second kappa shape index (κ2) is 9.75. The van der Waals surface area contributed by atoms with E-state index in [0.29, 0.717) is 11.8 Å². The molecular formula is C22H31ClN2O. The van der Waals surface area contributed by atoms with Crippen LogP contribution in [0.1, 0.15) is 69.2 Å². The van der Waals surface area contributed by atoms with Crippen molar-refractivity contribution in [2.45, 2.75) is 52.5 Å². The third-order valence-electron chi connectivity index (χ3n) is 4.76. The van der Waals surface area contributed by atoms with E-state index in [1.807, 2.05) is 37.3 Å². The summed E-state index contributed by atoms with van der Waals surface area (Å²) < 4.78 is 0. The number of halogens is 1. The van der Waals surface area contributed by atoms with Crippen molar-refractivity contribution in [1.82, 2.24) is 0 Å². The molecule has 3 N–H and O–H groups in total. The number of rotatable bonds is 6. The standard InChI is InChI=1S/C22H30N2O.ClH/c1-14(2)18-12-9-13-19(15(3)4)21(18)24-22(25)16(5)20(23)17-10-7-6-8-11-17;/h6-16,20H,23H2,1-5H3,(H,24,25);1H. The van der Waals surface area contributed by atoms with Crippen molar-refractivity contribution < 1.29 is 4.79 Å². The highest BCUT2D eigenvalue weighted by Crippen LogP contribution is 2.33. The Hall–Kier alpha value is -1.84. The summed E-state index contributed by atoms with van der Waals surface area (Å²) in [6.07, 6.45) is 0. The number of amides is 1. The van der Waals surface area contributed by atoms with Crippen LogP contribution in [0.3, 0.4) is 0 Å². The highest BCUT2D eigenvalue weighted by atomic mass is 35.5. The van der Waals surface area contributed by atoms with Crippen molar-refractivity contribution in [1.29, 1.82) is 0 Å². The molecule has 3 nitrogen and oxygen atoms in total. The van der Waals surface area contributed by atoms with Crippen LogP contribution < -0.4 is 11.1 Å². The quantitative estimate of drug-likeness (QED) is 0.688. The number of carbonyl (C=O) groups is 1. The van der Waals surface area contributed by atoms with Gasteiger partial charge in [0, 0.05) is 11.7 Å². The Kier molecular flexibility index (Phi) is 8.32. The Bertz CT molecular complexity index is 687. The number of anilines is 1. The Morgan fingerprint density at radius 3 is 1.81 bits per heavy atom. The zero-order valence-corrected chi connectivity index (χ0v) is 17.1. The first-order valence-electron chi connectivity index (χ1n) is 9.07. The molecule has 0 heterocycles. The number of para-hydroxylation sites is 1. The van der Waals surface area contributed by atoms with E-state index in [1.165, 1.54) is 11.1 Å². The Labute approximate surface area is 163 Å². The van der Waals surface area contributed by atoms with Crippen LogP contribution in [0, 0.1) is 5.92 Å².